The largest absolute Gasteiger partial charge is 0.471 e. The second kappa shape index (κ2) is 4.53. The molecule has 0 radical (unpaired) electrons. The number of benzene rings is 2. The third kappa shape index (κ3) is 2.07. The quantitative estimate of drug-likeness (QED) is 0.698. The van der Waals surface area contributed by atoms with Crippen LogP contribution in [0.1, 0.15) is 11.3 Å². The van der Waals surface area contributed by atoms with Crippen LogP contribution in [0.4, 0.5) is 0 Å². The lowest BCUT2D eigenvalue weighted by Crippen LogP contribution is -1.96. The summed E-state index contributed by atoms with van der Waals surface area (Å²) < 4.78 is 10.6. The lowest BCUT2D eigenvalue weighted by Gasteiger charge is -2.06. The van der Waals surface area contributed by atoms with Crippen LogP contribution >= 0.6 is 0 Å². The summed E-state index contributed by atoms with van der Waals surface area (Å²) in [5.41, 5.74) is 1.15. The third-order valence-electron chi connectivity index (χ3n) is 2.86. The molecule has 0 fully saturated rings. The number of hydrogen-bond donors (Lipinski definition) is 0. The predicted molar refractivity (Wildman–Crippen MR) is 69.5 cm³/mol. The monoisotopic (exact) mass is 239 g/mol. The molecular formula is C15H13NO2. The second-order valence-electron chi connectivity index (χ2n) is 4.20. The molecule has 1 aromatic heterocycles. The number of aryl methyl sites for hydroxylation is 1. The molecule has 3 rings (SSSR count). The van der Waals surface area contributed by atoms with E-state index in [0.717, 1.165) is 11.3 Å². The molecule has 0 spiro atoms. The van der Waals surface area contributed by atoms with E-state index in [1.54, 1.807) is 6.07 Å². The number of aromatic nitrogens is 1. The summed E-state index contributed by atoms with van der Waals surface area (Å²) in [6.45, 7) is 2.34. The lowest BCUT2D eigenvalue weighted by atomic mass is 10.1. The van der Waals surface area contributed by atoms with Gasteiger partial charge >= 0.3 is 0 Å². The Morgan fingerprint density at radius 3 is 2.78 bits per heavy atom. The molecule has 2 aromatic carbocycles. The Balaban J connectivity index is 1.86. The fourth-order valence-corrected chi connectivity index (χ4v) is 1.98. The van der Waals surface area contributed by atoms with Gasteiger partial charge in [-0.3, -0.25) is 0 Å². The van der Waals surface area contributed by atoms with Crippen LogP contribution in [0.2, 0.25) is 0 Å². The van der Waals surface area contributed by atoms with Crippen LogP contribution in [0.5, 0.6) is 5.88 Å². The Morgan fingerprint density at radius 1 is 1.11 bits per heavy atom. The third-order valence-corrected chi connectivity index (χ3v) is 2.86. The number of hydrogen-bond acceptors (Lipinski definition) is 3. The van der Waals surface area contributed by atoms with E-state index in [-0.39, 0.29) is 0 Å². The van der Waals surface area contributed by atoms with Crippen molar-refractivity contribution in [2.45, 2.75) is 13.5 Å². The average Bonchev–Trinajstić information content (AvgIpc) is 2.82. The van der Waals surface area contributed by atoms with Crippen molar-refractivity contribution in [1.82, 2.24) is 5.16 Å². The summed E-state index contributed by atoms with van der Waals surface area (Å²) in [5.74, 6) is 1.28. The van der Waals surface area contributed by atoms with Gasteiger partial charge < -0.3 is 9.26 Å². The highest BCUT2D eigenvalue weighted by Crippen LogP contribution is 2.20. The van der Waals surface area contributed by atoms with Crippen molar-refractivity contribution >= 4 is 10.8 Å². The zero-order chi connectivity index (χ0) is 12.4. The van der Waals surface area contributed by atoms with Crippen molar-refractivity contribution in [3.8, 4) is 5.88 Å². The van der Waals surface area contributed by atoms with Gasteiger partial charge in [-0.15, -0.1) is 0 Å². The van der Waals surface area contributed by atoms with Gasteiger partial charge in [0.2, 0.25) is 0 Å². The fourth-order valence-electron chi connectivity index (χ4n) is 1.98. The van der Waals surface area contributed by atoms with E-state index in [0.29, 0.717) is 12.5 Å². The Bertz CT molecular complexity index is 668. The minimum atomic E-state index is 0.493. The van der Waals surface area contributed by atoms with Crippen molar-refractivity contribution < 1.29 is 9.26 Å². The molecule has 3 nitrogen and oxygen atoms in total. The van der Waals surface area contributed by atoms with Crippen LogP contribution in [-0.4, -0.2) is 5.16 Å². The van der Waals surface area contributed by atoms with Crippen LogP contribution in [0.15, 0.2) is 53.1 Å². The normalized spacial score (nSPS) is 10.7. The van der Waals surface area contributed by atoms with Gasteiger partial charge in [-0.25, -0.2) is 0 Å². The van der Waals surface area contributed by atoms with Crippen LogP contribution in [0.25, 0.3) is 10.8 Å². The molecule has 0 aliphatic heterocycles. The van der Waals surface area contributed by atoms with E-state index in [9.17, 15) is 0 Å². The summed E-state index contributed by atoms with van der Waals surface area (Å²) in [4.78, 5) is 0. The van der Waals surface area contributed by atoms with Gasteiger partial charge in [0, 0.05) is 6.07 Å². The summed E-state index contributed by atoms with van der Waals surface area (Å²) in [5, 5.41) is 6.24. The molecule has 3 heteroatoms. The van der Waals surface area contributed by atoms with Crippen molar-refractivity contribution in [2.75, 3.05) is 0 Å². The standard InChI is InChI=1S/C15H13NO2/c1-11-9-15(16-18-11)17-10-13-7-4-6-12-5-2-3-8-14(12)13/h2-9H,10H2,1H3. The van der Waals surface area contributed by atoms with Gasteiger partial charge in [0.15, 0.2) is 0 Å². The number of rotatable bonds is 3. The lowest BCUT2D eigenvalue weighted by molar-refractivity contribution is 0.268. The van der Waals surface area contributed by atoms with Gasteiger partial charge in [0.25, 0.3) is 5.88 Å². The van der Waals surface area contributed by atoms with E-state index in [4.69, 9.17) is 9.26 Å². The molecule has 90 valence electrons. The molecule has 0 aliphatic carbocycles. The minimum absolute atomic E-state index is 0.493. The first-order valence-corrected chi connectivity index (χ1v) is 5.86. The Labute approximate surface area is 105 Å². The van der Waals surface area contributed by atoms with E-state index < -0.39 is 0 Å². The van der Waals surface area contributed by atoms with Crippen molar-refractivity contribution in [1.29, 1.82) is 0 Å². The summed E-state index contributed by atoms with van der Waals surface area (Å²) in [6, 6.07) is 16.2. The molecule has 0 N–H and O–H groups in total. The number of nitrogens with zero attached hydrogens (tertiary/aromatic N) is 1. The highest BCUT2D eigenvalue weighted by Gasteiger charge is 2.04. The molecule has 0 bridgehead atoms. The maximum atomic E-state index is 5.62. The maximum Gasteiger partial charge on any atom is 0.254 e. The average molecular weight is 239 g/mol. The van der Waals surface area contributed by atoms with E-state index >= 15 is 0 Å². The molecular weight excluding hydrogens is 226 g/mol. The van der Waals surface area contributed by atoms with Crippen LogP contribution < -0.4 is 4.74 Å². The zero-order valence-corrected chi connectivity index (χ0v) is 10.1. The van der Waals surface area contributed by atoms with Gasteiger partial charge in [-0.1, -0.05) is 42.5 Å². The smallest absolute Gasteiger partial charge is 0.254 e. The Morgan fingerprint density at radius 2 is 1.94 bits per heavy atom. The van der Waals surface area contributed by atoms with Gasteiger partial charge in [-0.05, 0) is 28.4 Å². The number of ether oxygens (including phenoxy) is 1. The van der Waals surface area contributed by atoms with Gasteiger partial charge in [0.05, 0.1) is 0 Å². The van der Waals surface area contributed by atoms with Crippen molar-refractivity contribution in [3.05, 3.63) is 59.9 Å². The molecule has 0 amide bonds. The summed E-state index contributed by atoms with van der Waals surface area (Å²) >= 11 is 0. The topological polar surface area (TPSA) is 35.3 Å². The van der Waals surface area contributed by atoms with Crippen LogP contribution in [0.3, 0.4) is 0 Å². The first-order valence-electron chi connectivity index (χ1n) is 5.86. The van der Waals surface area contributed by atoms with E-state index in [1.165, 1.54) is 10.8 Å². The molecule has 0 aliphatic rings. The highest BCUT2D eigenvalue weighted by atomic mass is 16.5. The summed E-state index contributed by atoms with van der Waals surface area (Å²) in [6.07, 6.45) is 0. The minimum Gasteiger partial charge on any atom is -0.471 e. The van der Waals surface area contributed by atoms with E-state index in [2.05, 4.69) is 29.4 Å². The van der Waals surface area contributed by atoms with Crippen LogP contribution in [0, 0.1) is 6.92 Å². The Hall–Kier alpha value is -2.29. The van der Waals surface area contributed by atoms with Crippen LogP contribution in [-0.2, 0) is 6.61 Å². The second-order valence-corrected chi connectivity index (χ2v) is 4.20. The van der Waals surface area contributed by atoms with Crippen molar-refractivity contribution in [2.24, 2.45) is 0 Å². The molecule has 0 atom stereocenters. The SMILES string of the molecule is Cc1cc(OCc2cccc3ccccc23)no1. The molecule has 18 heavy (non-hydrogen) atoms. The van der Waals surface area contributed by atoms with Crippen molar-refractivity contribution in [3.63, 3.8) is 0 Å². The Kier molecular flexibility index (Phi) is 2.73. The summed E-state index contributed by atoms with van der Waals surface area (Å²) in [7, 11) is 0. The fraction of sp³-hybridized carbons (Fsp3) is 0.133. The highest BCUT2D eigenvalue weighted by molar-refractivity contribution is 5.85. The molecule has 1 heterocycles. The molecule has 3 aromatic rings. The van der Waals surface area contributed by atoms with E-state index in [1.807, 2.05) is 25.1 Å². The first kappa shape index (κ1) is 10.8. The van der Waals surface area contributed by atoms with Gasteiger partial charge in [0.1, 0.15) is 12.4 Å². The predicted octanol–water partition coefficient (Wildman–Crippen LogP) is 3.72. The molecule has 0 unspecified atom stereocenters. The first-order chi connectivity index (χ1) is 8.83. The van der Waals surface area contributed by atoms with Gasteiger partial charge in [-0.2, -0.15) is 0 Å². The zero-order valence-electron chi connectivity index (χ0n) is 10.1. The number of fused-ring (bicyclic) bond motifs is 1. The molecule has 0 saturated carbocycles. The molecule has 0 saturated heterocycles. The maximum absolute atomic E-state index is 5.62.